The van der Waals surface area contributed by atoms with Crippen molar-refractivity contribution < 1.29 is 9.90 Å². The van der Waals surface area contributed by atoms with E-state index in [0.717, 1.165) is 28.6 Å². The average molecular weight is 322 g/mol. The SMILES string of the molecule is Cc1cc(-n2nnc(C(=O)O)c2C2CC2)ccc1Br. The third kappa shape index (κ3) is 2.16. The van der Waals surface area contributed by atoms with Gasteiger partial charge in [-0.2, -0.15) is 0 Å². The quantitative estimate of drug-likeness (QED) is 0.943. The zero-order valence-electron chi connectivity index (χ0n) is 10.3. The number of hydrogen-bond acceptors (Lipinski definition) is 3. The van der Waals surface area contributed by atoms with Crippen molar-refractivity contribution in [2.45, 2.75) is 25.7 Å². The number of nitrogens with zero attached hydrogens (tertiary/aromatic N) is 3. The topological polar surface area (TPSA) is 68.0 Å². The molecule has 98 valence electrons. The Balaban J connectivity index is 2.14. The van der Waals surface area contributed by atoms with Crippen LogP contribution in [0.15, 0.2) is 22.7 Å². The van der Waals surface area contributed by atoms with Crippen LogP contribution in [0.25, 0.3) is 5.69 Å². The molecule has 5 nitrogen and oxygen atoms in total. The van der Waals surface area contributed by atoms with Gasteiger partial charge in [0.15, 0.2) is 5.69 Å². The van der Waals surface area contributed by atoms with Crippen molar-refractivity contribution >= 4 is 21.9 Å². The van der Waals surface area contributed by atoms with Gasteiger partial charge in [0, 0.05) is 10.4 Å². The van der Waals surface area contributed by atoms with Crippen LogP contribution in [0.2, 0.25) is 0 Å². The Morgan fingerprint density at radius 2 is 2.21 bits per heavy atom. The lowest BCUT2D eigenvalue weighted by Crippen LogP contribution is -2.06. The molecule has 1 saturated carbocycles. The zero-order valence-corrected chi connectivity index (χ0v) is 11.9. The number of aromatic nitrogens is 3. The minimum atomic E-state index is -1.01. The largest absolute Gasteiger partial charge is 0.476 e. The first-order valence-corrected chi connectivity index (χ1v) is 6.82. The van der Waals surface area contributed by atoms with Gasteiger partial charge in [0.05, 0.1) is 11.4 Å². The van der Waals surface area contributed by atoms with Gasteiger partial charge in [0.1, 0.15) is 0 Å². The number of aromatic carboxylic acids is 1. The van der Waals surface area contributed by atoms with E-state index in [4.69, 9.17) is 0 Å². The van der Waals surface area contributed by atoms with Crippen LogP contribution in [0.4, 0.5) is 0 Å². The number of aryl methyl sites for hydroxylation is 1. The highest BCUT2D eigenvalue weighted by Gasteiger charge is 2.34. The molecule has 0 amide bonds. The Labute approximate surface area is 118 Å². The standard InChI is InChI=1S/C13H12BrN3O2/c1-7-6-9(4-5-10(7)14)17-12(8-2-3-8)11(13(18)19)15-16-17/h4-6,8H,2-3H2,1H3,(H,18,19). The number of benzene rings is 1. The van der Waals surface area contributed by atoms with E-state index in [1.54, 1.807) is 4.68 Å². The maximum Gasteiger partial charge on any atom is 0.358 e. The van der Waals surface area contributed by atoms with Gasteiger partial charge in [-0.25, -0.2) is 9.48 Å². The molecule has 1 aliphatic rings. The second kappa shape index (κ2) is 4.45. The minimum Gasteiger partial charge on any atom is -0.476 e. The summed E-state index contributed by atoms with van der Waals surface area (Å²) in [7, 11) is 0. The second-order valence-corrected chi connectivity index (χ2v) is 5.60. The Kier molecular flexibility index (Phi) is 2.89. The Morgan fingerprint density at radius 1 is 1.47 bits per heavy atom. The van der Waals surface area contributed by atoms with Crippen molar-refractivity contribution in [3.05, 3.63) is 39.6 Å². The van der Waals surface area contributed by atoms with E-state index in [-0.39, 0.29) is 11.6 Å². The third-order valence-electron chi connectivity index (χ3n) is 3.26. The number of halogens is 1. The maximum atomic E-state index is 11.2. The van der Waals surface area contributed by atoms with E-state index in [1.165, 1.54) is 0 Å². The summed E-state index contributed by atoms with van der Waals surface area (Å²) in [6.45, 7) is 1.99. The van der Waals surface area contributed by atoms with Gasteiger partial charge < -0.3 is 5.11 Å². The van der Waals surface area contributed by atoms with Gasteiger partial charge in [-0.05, 0) is 43.5 Å². The molecule has 0 radical (unpaired) electrons. The summed E-state index contributed by atoms with van der Waals surface area (Å²) in [6.07, 6.45) is 2.01. The second-order valence-electron chi connectivity index (χ2n) is 4.75. The van der Waals surface area contributed by atoms with Gasteiger partial charge >= 0.3 is 5.97 Å². The highest BCUT2D eigenvalue weighted by molar-refractivity contribution is 9.10. The van der Waals surface area contributed by atoms with E-state index < -0.39 is 5.97 Å². The minimum absolute atomic E-state index is 0.0723. The van der Waals surface area contributed by atoms with E-state index >= 15 is 0 Å². The highest BCUT2D eigenvalue weighted by Crippen LogP contribution is 2.42. The maximum absolute atomic E-state index is 11.2. The summed E-state index contributed by atoms with van der Waals surface area (Å²) in [5.74, 6) is -0.743. The third-order valence-corrected chi connectivity index (χ3v) is 4.15. The van der Waals surface area contributed by atoms with E-state index in [1.807, 2.05) is 25.1 Å². The molecule has 1 aromatic carbocycles. The smallest absolute Gasteiger partial charge is 0.358 e. The van der Waals surface area contributed by atoms with Crippen LogP contribution in [-0.4, -0.2) is 26.1 Å². The number of carboxylic acid groups (broad SMARTS) is 1. The molecule has 0 bridgehead atoms. The first-order chi connectivity index (χ1) is 9.08. The van der Waals surface area contributed by atoms with E-state index in [2.05, 4.69) is 26.2 Å². The van der Waals surface area contributed by atoms with Gasteiger partial charge in [-0.1, -0.05) is 21.1 Å². The summed E-state index contributed by atoms with van der Waals surface area (Å²) in [6, 6.07) is 5.81. The molecule has 1 aromatic heterocycles. The molecular weight excluding hydrogens is 310 g/mol. The number of carboxylic acids is 1. The number of hydrogen-bond donors (Lipinski definition) is 1. The van der Waals surface area contributed by atoms with Crippen LogP contribution in [0, 0.1) is 6.92 Å². The summed E-state index contributed by atoms with van der Waals surface area (Å²) in [5.41, 5.74) is 2.71. The number of rotatable bonds is 3. The molecule has 3 rings (SSSR count). The first kappa shape index (κ1) is 12.3. The molecule has 0 spiro atoms. The van der Waals surface area contributed by atoms with Crippen LogP contribution < -0.4 is 0 Å². The Hall–Kier alpha value is -1.69. The fourth-order valence-corrected chi connectivity index (χ4v) is 2.36. The normalized spacial score (nSPS) is 14.6. The molecular formula is C13H12BrN3O2. The van der Waals surface area contributed by atoms with Crippen LogP contribution in [0.1, 0.15) is 40.5 Å². The predicted molar refractivity (Wildman–Crippen MR) is 72.7 cm³/mol. The van der Waals surface area contributed by atoms with Crippen LogP contribution in [-0.2, 0) is 0 Å². The summed E-state index contributed by atoms with van der Waals surface area (Å²) in [4.78, 5) is 11.2. The van der Waals surface area contributed by atoms with Gasteiger partial charge in [0.25, 0.3) is 0 Å². The van der Waals surface area contributed by atoms with Crippen molar-refractivity contribution in [3.63, 3.8) is 0 Å². The molecule has 19 heavy (non-hydrogen) atoms. The number of carbonyl (C=O) groups is 1. The molecule has 1 N–H and O–H groups in total. The molecule has 0 saturated heterocycles. The lowest BCUT2D eigenvalue weighted by Gasteiger charge is -2.07. The van der Waals surface area contributed by atoms with E-state index in [9.17, 15) is 9.90 Å². The molecule has 6 heteroatoms. The van der Waals surface area contributed by atoms with Crippen LogP contribution >= 0.6 is 15.9 Å². The lowest BCUT2D eigenvalue weighted by molar-refractivity contribution is 0.0689. The molecule has 0 atom stereocenters. The first-order valence-electron chi connectivity index (χ1n) is 6.03. The van der Waals surface area contributed by atoms with Gasteiger partial charge in [-0.15, -0.1) is 5.10 Å². The van der Waals surface area contributed by atoms with Crippen LogP contribution in [0.5, 0.6) is 0 Å². The van der Waals surface area contributed by atoms with Crippen molar-refractivity contribution in [2.24, 2.45) is 0 Å². The Morgan fingerprint density at radius 3 is 2.79 bits per heavy atom. The molecule has 1 heterocycles. The Bertz CT molecular complexity index is 662. The highest BCUT2D eigenvalue weighted by atomic mass is 79.9. The zero-order chi connectivity index (χ0) is 13.6. The average Bonchev–Trinajstić information content (AvgIpc) is 3.11. The molecule has 0 unspecified atom stereocenters. The monoisotopic (exact) mass is 321 g/mol. The van der Waals surface area contributed by atoms with Crippen molar-refractivity contribution in [1.82, 2.24) is 15.0 Å². The van der Waals surface area contributed by atoms with E-state index in [0.29, 0.717) is 5.69 Å². The molecule has 0 aliphatic heterocycles. The summed E-state index contributed by atoms with van der Waals surface area (Å²) in [5, 5.41) is 17.0. The molecule has 2 aromatic rings. The summed E-state index contributed by atoms with van der Waals surface area (Å²) < 4.78 is 2.67. The fourth-order valence-electron chi connectivity index (χ4n) is 2.12. The van der Waals surface area contributed by atoms with Gasteiger partial charge in [0.2, 0.25) is 0 Å². The van der Waals surface area contributed by atoms with Crippen molar-refractivity contribution in [3.8, 4) is 5.69 Å². The lowest BCUT2D eigenvalue weighted by atomic mass is 10.2. The molecule has 1 fully saturated rings. The summed E-state index contributed by atoms with van der Waals surface area (Å²) >= 11 is 3.45. The van der Waals surface area contributed by atoms with Gasteiger partial charge in [-0.3, -0.25) is 0 Å². The van der Waals surface area contributed by atoms with Crippen LogP contribution in [0.3, 0.4) is 0 Å². The van der Waals surface area contributed by atoms with Crippen molar-refractivity contribution in [2.75, 3.05) is 0 Å². The fraction of sp³-hybridized carbons (Fsp3) is 0.308. The molecule has 1 aliphatic carbocycles. The van der Waals surface area contributed by atoms with Crippen molar-refractivity contribution in [1.29, 1.82) is 0 Å². The predicted octanol–water partition coefficient (Wildman–Crippen LogP) is 2.91.